The molecule has 0 aliphatic carbocycles. The molecule has 1 N–H and O–H groups in total. The largest absolute Gasteiger partial charge is 0.390 e. The molecule has 1 rings (SSSR count). The number of carbonyl (C=O) groups excluding carboxylic acids is 1. The van der Waals surface area contributed by atoms with Gasteiger partial charge < -0.3 is 14.7 Å². The maximum absolute atomic E-state index is 11.8. The highest BCUT2D eigenvalue weighted by atomic mass is 16.5. The van der Waals surface area contributed by atoms with Gasteiger partial charge in [-0.1, -0.05) is 0 Å². The molecule has 0 spiro atoms. The van der Waals surface area contributed by atoms with E-state index in [0.717, 1.165) is 25.8 Å². The number of hydrogen-bond acceptors (Lipinski definition) is 3. The molecule has 0 aromatic rings. The van der Waals surface area contributed by atoms with Gasteiger partial charge in [-0.3, -0.25) is 4.79 Å². The van der Waals surface area contributed by atoms with Crippen molar-refractivity contribution in [2.45, 2.75) is 44.6 Å². The van der Waals surface area contributed by atoms with Crippen molar-refractivity contribution >= 4 is 5.91 Å². The quantitative estimate of drug-likeness (QED) is 0.736. The molecule has 1 unspecified atom stereocenters. The van der Waals surface area contributed by atoms with Crippen LogP contribution in [-0.2, 0) is 9.53 Å². The molecule has 16 heavy (non-hydrogen) atoms. The molecule has 94 valence electrons. The summed E-state index contributed by atoms with van der Waals surface area (Å²) >= 11 is 0. The van der Waals surface area contributed by atoms with Crippen LogP contribution in [0.1, 0.15) is 39.0 Å². The zero-order valence-electron chi connectivity index (χ0n) is 10.4. The molecule has 4 nitrogen and oxygen atoms in total. The van der Waals surface area contributed by atoms with E-state index in [0.29, 0.717) is 26.0 Å². The monoisotopic (exact) mass is 229 g/mol. The Bertz CT molecular complexity index is 228. The van der Waals surface area contributed by atoms with E-state index in [1.807, 2.05) is 11.8 Å². The van der Waals surface area contributed by atoms with Gasteiger partial charge >= 0.3 is 0 Å². The third-order valence-corrected chi connectivity index (χ3v) is 3.16. The smallest absolute Gasteiger partial charge is 0.222 e. The molecule has 1 atom stereocenters. The van der Waals surface area contributed by atoms with Gasteiger partial charge in [-0.25, -0.2) is 0 Å². The van der Waals surface area contributed by atoms with Gasteiger partial charge in [0.05, 0.1) is 5.60 Å². The van der Waals surface area contributed by atoms with E-state index in [2.05, 4.69) is 0 Å². The lowest BCUT2D eigenvalue weighted by atomic mass is 9.98. The fraction of sp³-hybridized carbons (Fsp3) is 0.917. The normalized spacial score (nSPS) is 26.6. The van der Waals surface area contributed by atoms with Gasteiger partial charge in [0, 0.05) is 33.2 Å². The van der Waals surface area contributed by atoms with Gasteiger partial charge in [0.15, 0.2) is 0 Å². The Kier molecular flexibility index (Phi) is 5.22. The molecule has 1 aliphatic heterocycles. The molecule has 1 heterocycles. The topological polar surface area (TPSA) is 49.8 Å². The number of methoxy groups -OCH3 is 1. The summed E-state index contributed by atoms with van der Waals surface area (Å²) in [6.45, 7) is 3.95. The maximum atomic E-state index is 11.8. The molecule has 1 amide bonds. The molecule has 1 fully saturated rings. The van der Waals surface area contributed by atoms with Crippen molar-refractivity contribution in [2.75, 3.05) is 26.8 Å². The second-order valence-electron chi connectivity index (χ2n) is 4.83. The predicted molar refractivity (Wildman–Crippen MR) is 62.2 cm³/mol. The Hall–Kier alpha value is -0.610. The van der Waals surface area contributed by atoms with Crippen LogP contribution < -0.4 is 0 Å². The van der Waals surface area contributed by atoms with Gasteiger partial charge in [0.25, 0.3) is 0 Å². The zero-order valence-corrected chi connectivity index (χ0v) is 10.4. The van der Waals surface area contributed by atoms with E-state index in [-0.39, 0.29) is 5.91 Å². The van der Waals surface area contributed by atoms with Crippen LogP contribution >= 0.6 is 0 Å². The maximum Gasteiger partial charge on any atom is 0.222 e. The Morgan fingerprint density at radius 1 is 1.44 bits per heavy atom. The first-order valence-corrected chi connectivity index (χ1v) is 6.04. The summed E-state index contributed by atoms with van der Waals surface area (Å²) in [5.74, 6) is 0.190. The van der Waals surface area contributed by atoms with Crippen LogP contribution in [0.2, 0.25) is 0 Å². The zero-order chi connectivity index (χ0) is 12.0. The second kappa shape index (κ2) is 6.21. The molecule has 0 saturated carbocycles. The minimum atomic E-state index is -0.596. The van der Waals surface area contributed by atoms with Crippen molar-refractivity contribution in [3.63, 3.8) is 0 Å². The molecule has 4 heteroatoms. The lowest BCUT2D eigenvalue weighted by Gasteiger charge is -2.22. The van der Waals surface area contributed by atoms with Gasteiger partial charge in [0.2, 0.25) is 5.91 Å². The van der Waals surface area contributed by atoms with E-state index in [1.54, 1.807) is 7.11 Å². The van der Waals surface area contributed by atoms with Crippen LogP contribution in [0, 0.1) is 0 Å². The minimum Gasteiger partial charge on any atom is -0.390 e. The summed E-state index contributed by atoms with van der Waals surface area (Å²) in [5, 5.41) is 9.91. The third-order valence-electron chi connectivity index (χ3n) is 3.16. The average Bonchev–Trinajstić information content (AvgIpc) is 2.39. The summed E-state index contributed by atoms with van der Waals surface area (Å²) < 4.78 is 4.93. The van der Waals surface area contributed by atoms with E-state index in [4.69, 9.17) is 4.74 Å². The fourth-order valence-corrected chi connectivity index (χ4v) is 2.04. The number of rotatable bonds is 4. The number of nitrogens with zero attached hydrogens (tertiary/aromatic N) is 1. The van der Waals surface area contributed by atoms with Crippen molar-refractivity contribution < 1.29 is 14.6 Å². The summed E-state index contributed by atoms with van der Waals surface area (Å²) in [7, 11) is 1.65. The first-order valence-electron chi connectivity index (χ1n) is 6.04. The van der Waals surface area contributed by atoms with Crippen LogP contribution in [0.3, 0.4) is 0 Å². The van der Waals surface area contributed by atoms with Crippen LogP contribution in [0.4, 0.5) is 0 Å². The standard InChI is InChI=1S/C12H23NO3/c1-12(15)6-4-8-13(9-7-12)11(14)5-3-10-16-2/h15H,3-10H2,1-2H3. The van der Waals surface area contributed by atoms with E-state index >= 15 is 0 Å². The molecule has 0 radical (unpaired) electrons. The third kappa shape index (κ3) is 4.49. The molecular formula is C12H23NO3. The fourth-order valence-electron chi connectivity index (χ4n) is 2.04. The van der Waals surface area contributed by atoms with Crippen molar-refractivity contribution in [1.82, 2.24) is 4.90 Å². The van der Waals surface area contributed by atoms with Crippen LogP contribution in [-0.4, -0.2) is 48.3 Å². The number of likely N-dealkylation sites (tertiary alicyclic amines) is 1. The van der Waals surface area contributed by atoms with E-state index < -0.39 is 5.60 Å². The summed E-state index contributed by atoms with van der Waals surface area (Å²) in [5.41, 5.74) is -0.596. The molecule has 0 bridgehead atoms. The summed E-state index contributed by atoms with van der Waals surface area (Å²) in [6, 6.07) is 0. The Morgan fingerprint density at radius 3 is 2.88 bits per heavy atom. The highest BCUT2D eigenvalue weighted by Crippen LogP contribution is 2.21. The Balaban J connectivity index is 2.33. The number of amides is 1. The molecular weight excluding hydrogens is 206 g/mol. The van der Waals surface area contributed by atoms with Crippen LogP contribution in [0.15, 0.2) is 0 Å². The number of ether oxygens (including phenoxy) is 1. The molecule has 0 aromatic heterocycles. The van der Waals surface area contributed by atoms with Gasteiger partial charge in [-0.05, 0) is 32.6 Å². The second-order valence-corrected chi connectivity index (χ2v) is 4.83. The lowest BCUT2D eigenvalue weighted by molar-refractivity contribution is -0.131. The van der Waals surface area contributed by atoms with Crippen LogP contribution in [0.5, 0.6) is 0 Å². The number of hydrogen-bond donors (Lipinski definition) is 1. The first kappa shape index (κ1) is 13.5. The van der Waals surface area contributed by atoms with Crippen molar-refractivity contribution in [2.24, 2.45) is 0 Å². The van der Waals surface area contributed by atoms with Crippen LogP contribution in [0.25, 0.3) is 0 Å². The van der Waals surface area contributed by atoms with Crippen molar-refractivity contribution in [3.8, 4) is 0 Å². The van der Waals surface area contributed by atoms with E-state index in [1.165, 1.54) is 0 Å². The SMILES string of the molecule is COCCCC(=O)N1CCCC(C)(O)CC1. The number of aliphatic hydroxyl groups is 1. The van der Waals surface area contributed by atoms with Gasteiger partial charge in [-0.15, -0.1) is 0 Å². The van der Waals surface area contributed by atoms with Gasteiger partial charge in [0.1, 0.15) is 0 Å². The molecule has 0 aromatic carbocycles. The Morgan fingerprint density at radius 2 is 2.19 bits per heavy atom. The molecule has 1 saturated heterocycles. The lowest BCUT2D eigenvalue weighted by Crippen LogP contribution is -2.33. The average molecular weight is 229 g/mol. The van der Waals surface area contributed by atoms with Gasteiger partial charge in [-0.2, -0.15) is 0 Å². The summed E-state index contributed by atoms with van der Waals surface area (Å²) in [6.07, 6.45) is 3.69. The Labute approximate surface area is 97.6 Å². The minimum absolute atomic E-state index is 0.190. The molecule has 1 aliphatic rings. The van der Waals surface area contributed by atoms with Crippen molar-refractivity contribution in [1.29, 1.82) is 0 Å². The van der Waals surface area contributed by atoms with Crippen molar-refractivity contribution in [3.05, 3.63) is 0 Å². The summed E-state index contributed by atoms with van der Waals surface area (Å²) in [4.78, 5) is 13.7. The van der Waals surface area contributed by atoms with E-state index in [9.17, 15) is 9.90 Å². The highest BCUT2D eigenvalue weighted by molar-refractivity contribution is 5.76. The highest BCUT2D eigenvalue weighted by Gasteiger charge is 2.26. The predicted octanol–water partition coefficient (Wildman–Crippen LogP) is 1.18. The first-order chi connectivity index (χ1) is 7.55. The number of carbonyl (C=O) groups is 1.